The number of aromatic nitrogens is 1. The molecule has 0 atom stereocenters. The second kappa shape index (κ2) is 4.48. The van der Waals surface area contributed by atoms with E-state index in [9.17, 15) is 35.9 Å². The van der Waals surface area contributed by atoms with Gasteiger partial charge in [-0.2, -0.15) is 13.2 Å². The van der Waals surface area contributed by atoms with E-state index in [2.05, 4.69) is 4.74 Å². The molecule has 0 aromatic carbocycles. The number of nitrogens with one attached hydrogen (secondary N) is 1. The SMILES string of the molecule is O=C(O)c1cc(OC(F)(F)F)c(C(F)(F)F)c(=O)[nH]1. The third-order valence-corrected chi connectivity index (χ3v) is 1.74. The molecule has 0 saturated heterocycles. The Labute approximate surface area is 99.0 Å². The zero-order valence-electron chi connectivity index (χ0n) is 8.52. The maximum absolute atomic E-state index is 12.4. The van der Waals surface area contributed by atoms with Crippen LogP contribution < -0.4 is 10.3 Å². The number of ether oxygens (including phenoxy) is 1. The Bertz CT molecular complexity index is 558. The second-order valence-corrected chi connectivity index (χ2v) is 3.10. The normalized spacial score (nSPS) is 12.3. The first-order chi connectivity index (χ1) is 8.42. The maximum Gasteiger partial charge on any atom is 0.573 e. The molecule has 0 fully saturated rings. The molecule has 5 nitrogen and oxygen atoms in total. The molecule has 0 amide bonds. The number of aromatic amines is 1. The first-order valence-electron chi connectivity index (χ1n) is 4.25. The molecule has 0 aliphatic carbocycles. The van der Waals surface area contributed by atoms with Crippen LogP contribution in [0.15, 0.2) is 10.9 Å². The minimum atomic E-state index is -5.51. The summed E-state index contributed by atoms with van der Waals surface area (Å²) in [6, 6.07) is -0.0694. The number of alkyl halides is 6. The highest BCUT2D eigenvalue weighted by atomic mass is 19.4. The minimum absolute atomic E-state index is 0.0694. The highest BCUT2D eigenvalue weighted by Crippen LogP contribution is 2.36. The van der Waals surface area contributed by atoms with Crippen LogP contribution in [0.25, 0.3) is 0 Å². The van der Waals surface area contributed by atoms with Gasteiger partial charge in [-0.25, -0.2) is 4.79 Å². The van der Waals surface area contributed by atoms with Crippen molar-refractivity contribution in [1.82, 2.24) is 4.98 Å². The molecule has 0 saturated carbocycles. The van der Waals surface area contributed by atoms with Crippen molar-refractivity contribution in [3.8, 4) is 5.75 Å². The molecule has 0 unspecified atom stereocenters. The number of carboxylic acid groups (broad SMARTS) is 1. The lowest BCUT2D eigenvalue weighted by molar-refractivity contribution is -0.276. The zero-order chi connectivity index (χ0) is 15.0. The summed E-state index contributed by atoms with van der Waals surface area (Å²) in [6.07, 6.45) is -10.9. The van der Waals surface area contributed by atoms with Crippen molar-refractivity contribution in [2.45, 2.75) is 12.5 Å². The number of halogens is 6. The average Bonchev–Trinajstić information content (AvgIpc) is 2.10. The molecule has 0 aliphatic heterocycles. The lowest BCUT2D eigenvalue weighted by atomic mass is 10.2. The number of carbonyl (C=O) groups is 1. The predicted octanol–water partition coefficient (Wildman–Crippen LogP) is 1.99. The highest BCUT2D eigenvalue weighted by molar-refractivity contribution is 5.85. The Kier molecular flexibility index (Phi) is 3.50. The van der Waals surface area contributed by atoms with E-state index in [1.54, 1.807) is 0 Å². The smallest absolute Gasteiger partial charge is 0.477 e. The molecule has 19 heavy (non-hydrogen) atoms. The Balaban J connectivity index is 3.54. The van der Waals surface area contributed by atoms with E-state index in [0.29, 0.717) is 0 Å². The van der Waals surface area contributed by atoms with Crippen LogP contribution in [0.1, 0.15) is 16.1 Å². The van der Waals surface area contributed by atoms with Crippen LogP contribution in [0.4, 0.5) is 26.3 Å². The van der Waals surface area contributed by atoms with Gasteiger partial charge in [0, 0.05) is 6.07 Å². The average molecular weight is 291 g/mol. The fraction of sp³-hybridized carbons (Fsp3) is 0.250. The largest absolute Gasteiger partial charge is 0.573 e. The van der Waals surface area contributed by atoms with Gasteiger partial charge in [-0.15, -0.1) is 13.2 Å². The summed E-state index contributed by atoms with van der Waals surface area (Å²) in [7, 11) is 0. The van der Waals surface area contributed by atoms with Gasteiger partial charge in [-0.05, 0) is 0 Å². The third-order valence-electron chi connectivity index (χ3n) is 1.74. The fourth-order valence-electron chi connectivity index (χ4n) is 1.12. The summed E-state index contributed by atoms with van der Waals surface area (Å²) >= 11 is 0. The van der Waals surface area contributed by atoms with Gasteiger partial charge in [0.15, 0.2) is 5.56 Å². The minimum Gasteiger partial charge on any atom is -0.477 e. The van der Waals surface area contributed by atoms with E-state index < -0.39 is 41.1 Å². The molecular formula is C8H3F6NO4. The molecular weight excluding hydrogens is 288 g/mol. The summed E-state index contributed by atoms with van der Waals surface area (Å²) in [4.78, 5) is 22.7. The standard InChI is InChI=1S/C8H3F6NO4/c9-7(10,11)4-3(19-8(12,13)14)1-2(6(17)18)15-5(4)16/h1H,(H,15,16)(H,17,18). The van der Waals surface area contributed by atoms with Crippen molar-refractivity contribution in [2.75, 3.05) is 0 Å². The fourth-order valence-corrected chi connectivity index (χ4v) is 1.12. The molecule has 1 rings (SSSR count). The summed E-state index contributed by atoms with van der Waals surface area (Å²) in [5.41, 5.74) is -5.49. The molecule has 0 radical (unpaired) electrons. The highest BCUT2D eigenvalue weighted by Gasteiger charge is 2.42. The Morgan fingerprint density at radius 3 is 2.11 bits per heavy atom. The first-order valence-corrected chi connectivity index (χ1v) is 4.25. The quantitative estimate of drug-likeness (QED) is 0.817. The zero-order valence-corrected chi connectivity index (χ0v) is 8.52. The molecule has 11 heteroatoms. The van der Waals surface area contributed by atoms with Gasteiger partial charge in [0.2, 0.25) is 0 Å². The first kappa shape index (κ1) is 14.9. The monoisotopic (exact) mass is 291 g/mol. The van der Waals surface area contributed by atoms with Gasteiger partial charge in [0.05, 0.1) is 0 Å². The second-order valence-electron chi connectivity index (χ2n) is 3.10. The maximum atomic E-state index is 12.4. The van der Waals surface area contributed by atoms with Gasteiger partial charge in [-0.1, -0.05) is 0 Å². The summed E-state index contributed by atoms with van der Waals surface area (Å²) in [5.74, 6) is -3.85. The number of hydrogen-bond acceptors (Lipinski definition) is 3. The van der Waals surface area contributed by atoms with Crippen molar-refractivity contribution in [2.24, 2.45) is 0 Å². The number of pyridine rings is 1. The molecule has 0 spiro atoms. The van der Waals surface area contributed by atoms with Gasteiger partial charge in [-0.3, -0.25) is 4.79 Å². The van der Waals surface area contributed by atoms with E-state index in [4.69, 9.17) is 5.11 Å². The van der Waals surface area contributed by atoms with Crippen LogP contribution in [0.5, 0.6) is 5.75 Å². The molecule has 106 valence electrons. The summed E-state index contributed by atoms with van der Waals surface area (Å²) < 4.78 is 76.0. The molecule has 2 N–H and O–H groups in total. The molecule has 1 heterocycles. The van der Waals surface area contributed by atoms with E-state index in [1.165, 1.54) is 4.98 Å². The lowest BCUT2D eigenvalue weighted by Gasteiger charge is -2.14. The van der Waals surface area contributed by atoms with Crippen LogP contribution in [-0.4, -0.2) is 22.4 Å². The van der Waals surface area contributed by atoms with Crippen LogP contribution >= 0.6 is 0 Å². The van der Waals surface area contributed by atoms with E-state index in [-0.39, 0.29) is 6.07 Å². The molecule has 1 aromatic rings. The van der Waals surface area contributed by atoms with E-state index >= 15 is 0 Å². The number of aromatic carboxylic acids is 1. The number of rotatable bonds is 2. The van der Waals surface area contributed by atoms with Crippen molar-refractivity contribution in [1.29, 1.82) is 0 Å². The van der Waals surface area contributed by atoms with Crippen molar-refractivity contribution in [3.05, 3.63) is 27.7 Å². The number of H-pyrrole nitrogens is 1. The molecule has 1 aromatic heterocycles. The van der Waals surface area contributed by atoms with Crippen molar-refractivity contribution in [3.63, 3.8) is 0 Å². The van der Waals surface area contributed by atoms with Gasteiger partial charge in [0.25, 0.3) is 5.56 Å². The van der Waals surface area contributed by atoms with Crippen molar-refractivity contribution < 1.29 is 41.0 Å². The van der Waals surface area contributed by atoms with E-state index in [0.717, 1.165) is 0 Å². The van der Waals surface area contributed by atoms with Crippen LogP contribution in [0, 0.1) is 0 Å². The predicted molar refractivity (Wildman–Crippen MR) is 45.7 cm³/mol. The van der Waals surface area contributed by atoms with Gasteiger partial charge >= 0.3 is 18.5 Å². The Morgan fingerprint density at radius 1 is 1.21 bits per heavy atom. The Hall–Kier alpha value is -2.20. The van der Waals surface area contributed by atoms with Gasteiger partial charge in [0.1, 0.15) is 11.4 Å². The molecule has 0 aliphatic rings. The third kappa shape index (κ3) is 3.63. The van der Waals surface area contributed by atoms with Crippen molar-refractivity contribution >= 4 is 5.97 Å². The topological polar surface area (TPSA) is 79.4 Å². The Morgan fingerprint density at radius 2 is 1.74 bits per heavy atom. The number of carboxylic acids is 1. The van der Waals surface area contributed by atoms with Crippen LogP contribution in [0.2, 0.25) is 0 Å². The van der Waals surface area contributed by atoms with E-state index in [1.807, 2.05) is 0 Å². The lowest BCUT2D eigenvalue weighted by Crippen LogP contribution is -2.28. The number of hydrogen-bond donors (Lipinski definition) is 2. The van der Waals surface area contributed by atoms with Gasteiger partial charge < -0.3 is 14.8 Å². The van der Waals surface area contributed by atoms with Crippen LogP contribution in [-0.2, 0) is 6.18 Å². The summed E-state index contributed by atoms with van der Waals surface area (Å²) in [6.45, 7) is 0. The van der Waals surface area contributed by atoms with Crippen LogP contribution in [0.3, 0.4) is 0 Å². The summed E-state index contributed by atoms with van der Waals surface area (Å²) in [5, 5.41) is 8.44. The molecule has 0 bridgehead atoms.